The first kappa shape index (κ1) is 23.3. The van der Waals surface area contributed by atoms with E-state index in [4.69, 9.17) is 16.7 Å². The molecule has 2 heterocycles. The molecule has 0 saturated carbocycles. The number of hydrazone groups is 1. The van der Waals surface area contributed by atoms with Crippen LogP contribution < -0.4 is 5.32 Å². The van der Waals surface area contributed by atoms with Crippen LogP contribution in [0.2, 0.25) is 5.02 Å². The average Bonchev–Trinajstić information content (AvgIpc) is 3.44. The maximum absolute atomic E-state index is 12.7. The van der Waals surface area contributed by atoms with E-state index in [1.165, 1.54) is 11.8 Å². The lowest BCUT2D eigenvalue weighted by Crippen LogP contribution is -2.25. The molecule has 0 fully saturated rings. The van der Waals surface area contributed by atoms with Crippen LogP contribution in [0.4, 0.5) is 5.69 Å². The second-order valence-electron chi connectivity index (χ2n) is 8.49. The molecule has 0 radical (unpaired) electrons. The molecule has 2 atom stereocenters. The van der Waals surface area contributed by atoms with Crippen LogP contribution in [0.5, 0.6) is 0 Å². The maximum atomic E-state index is 12.7. The molecule has 2 amide bonds. The first-order valence-electron chi connectivity index (χ1n) is 11.3. The second kappa shape index (κ2) is 10.1. The minimum atomic E-state index is -0.582. The van der Waals surface area contributed by atoms with Crippen LogP contribution in [0.25, 0.3) is 0 Å². The Bertz CT molecular complexity index is 1320. The summed E-state index contributed by atoms with van der Waals surface area (Å²) in [4.78, 5) is 29.6. The van der Waals surface area contributed by atoms with Crippen molar-refractivity contribution in [2.45, 2.75) is 31.1 Å². The molecule has 2 aliphatic heterocycles. The van der Waals surface area contributed by atoms with Gasteiger partial charge in [-0.05, 0) is 42.3 Å². The number of benzene rings is 3. The van der Waals surface area contributed by atoms with E-state index in [0.717, 1.165) is 22.4 Å². The van der Waals surface area contributed by atoms with Gasteiger partial charge in [-0.25, -0.2) is 5.01 Å². The highest BCUT2D eigenvalue weighted by Crippen LogP contribution is 2.39. The van der Waals surface area contributed by atoms with Gasteiger partial charge in [0, 0.05) is 23.6 Å². The summed E-state index contributed by atoms with van der Waals surface area (Å²) < 4.78 is 0. The van der Waals surface area contributed by atoms with E-state index in [0.29, 0.717) is 22.3 Å². The molecule has 6 nitrogen and oxygen atoms in total. The highest BCUT2D eigenvalue weighted by Gasteiger charge is 2.39. The van der Waals surface area contributed by atoms with Crippen molar-refractivity contribution in [3.63, 3.8) is 0 Å². The van der Waals surface area contributed by atoms with Gasteiger partial charge in [-0.2, -0.15) is 10.1 Å². The third kappa shape index (κ3) is 5.31. The van der Waals surface area contributed by atoms with Gasteiger partial charge in [-0.3, -0.25) is 9.59 Å². The van der Waals surface area contributed by atoms with E-state index in [1.807, 2.05) is 65.7 Å². The Labute approximate surface area is 213 Å². The number of para-hydroxylation sites is 1. The largest absolute Gasteiger partial charge is 0.326 e. The molecule has 0 aromatic heterocycles. The number of nitrogens with zero attached hydrogens (tertiary/aromatic N) is 3. The molecule has 0 unspecified atom stereocenters. The Hall–Kier alpha value is -3.42. The summed E-state index contributed by atoms with van der Waals surface area (Å²) in [7, 11) is 0. The number of hydrogen-bond donors (Lipinski definition) is 1. The summed E-state index contributed by atoms with van der Waals surface area (Å²) in [5.41, 5.74) is 4.82. The van der Waals surface area contributed by atoms with Crippen LogP contribution in [-0.4, -0.2) is 33.0 Å². The lowest BCUT2D eigenvalue weighted by molar-refractivity contribution is -0.121. The SMILES string of the molecule is Cc1cccc([C@H]2CC(c3ccc(Cl)cc3)=NN2C2=NC(=O)[C@@H](CC(=O)Nc3ccccc3)S2)c1. The van der Waals surface area contributed by atoms with Crippen LogP contribution in [0.3, 0.4) is 0 Å². The standard InChI is InChI=1S/C27H23ClN4O2S/c1-17-6-5-7-19(14-17)23-15-22(18-10-12-20(28)13-11-18)31-32(23)27-30-26(34)24(35-27)16-25(33)29-21-8-3-2-4-9-21/h2-14,23-24H,15-16H2,1H3,(H,29,33)/t23-,24-/m1/s1. The lowest BCUT2D eigenvalue weighted by Gasteiger charge is -2.23. The quantitative estimate of drug-likeness (QED) is 0.476. The van der Waals surface area contributed by atoms with Gasteiger partial charge in [0.05, 0.1) is 11.8 Å². The van der Waals surface area contributed by atoms with Crippen molar-refractivity contribution in [1.82, 2.24) is 5.01 Å². The van der Waals surface area contributed by atoms with Crippen LogP contribution in [0, 0.1) is 6.92 Å². The summed E-state index contributed by atoms with van der Waals surface area (Å²) in [6.45, 7) is 2.05. The van der Waals surface area contributed by atoms with Gasteiger partial charge in [0.1, 0.15) is 5.25 Å². The van der Waals surface area contributed by atoms with Gasteiger partial charge >= 0.3 is 0 Å². The van der Waals surface area contributed by atoms with Crippen molar-refractivity contribution < 1.29 is 9.59 Å². The van der Waals surface area contributed by atoms with Crippen LogP contribution in [0.15, 0.2) is 89.0 Å². The zero-order chi connectivity index (χ0) is 24.4. The third-order valence-corrected chi connectivity index (χ3v) is 7.26. The smallest absolute Gasteiger partial charge is 0.262 e. The Morgan fingerprint density at radius 2 is 1.86 bits per heavy atom. The van der Waals surface area contributed by atoms with Crippen molar-refractivity contribution in [3.8, 4) is 0 Å². The van der Waals surface area contributed by atoms with Crippen molar-refractivity contribution >= 4 is 51.7 Å². The molecule has 2 aliphatic rings. The molecule has 35 heavy (non-hydrogen) atoms. The van der Waals surface area contributed by atoms with Gasteiger partial charge in [-0.1, -0.05) is 83.5 Å². The molecule has 176 valence electrons. The molecular formula is C27H23ClN4O2S. The number of halogens is 1. The molecule has 3 aromatic carbocycles. The summed E-state index contributed by atoms with van der Waals surface area (Å²) in [5.74, 6) is -0.535. The van der Waals surface area contributed by atoms with Crippen LogP contribution >= 0.6 is 23.4 Å². The van der Waals surface area contributed by atoms with Gasteiger partial charge in [-0.15, -0.1) is 0 Å². The fourth-order valence-corrected chi connectivity index (χ4v) is 5.33. The molecule has 0 aliphatic carbocycles. The predicted molar refractivity (Wildman–Crippen MR) is 142 cm³/mol. The number of amidine groups is 1. The summed E-state index contributed by atoms with van der Waals surface area (Å²) in [6.07, 6.45) is 0.708. The molecule has 0 bridgehead atoms. The molecule has 3 aromatic rings. The Kier molecular flexibility index (Phi) is 6.70. The van der Waals surface area contributed by atoms with Crippen LogP contribution in [-0.2, 0) is 9.59 Å². The number of carbonyl (C=O) groups excluding carboxylic acids is 2. The maximum Gasteiger partial charge on any atom is 0.262 e. The Morgan fingerprint density at radius 1 is 1.09 bits per heavy atom. The minimum Gasteiger partial charge on any atom is -0.326 e. The number of carbonyl (C=O) groups is 2. The number of aryl methyl sites for hydroxylation is 1. The fraction of sp³-hybridized carbons (Fsp3) is 0.185. The van der Waals surface area contributed by atoms with E-state index >= 15 is 0 Å². The molecular weight excluding hydrogens is 480 g/mol. The highest BCUT2D eigenvalue weighted by molar-refractivity contribution is 8.15. The number of amides is 2. The van der Waals surface area contributed by atoms with Gasteiger partial charge in [0.2, 0.25) is 5.91 Å². The number of aliphatic imine (C=N–C) groups is 1. The molecule has 5 rings (SSSR count). The third-order valence-electron chi connectivity index (χ3n) is 5.87. The lowest BCUT2D eigenvalue weighted by atomic mass is 9.97. The normalized spacial score (nSPS) is 19.5. The van der Waals surface area contributed by atoms with E-state index < -0.39 is 5.25 Å². The zero-order valence-corrected chi connectivity index (χ0v) is 20.6. The number of nitrogens with one attached hydrogen (secondary N) is 1. The number of thioether (sulfide) groups is 1. The van der Waals surface area contributed by atoms with E-state index in [2.05, 4.69) is 35.4 Å². The minimum absolute atomic E-state index is 0.0438. The second-order valence-corrected chi connectivity index (χ2v) is 10.1. The highest BCUT2D eigenvalue weighted by atomic mass is 35.5. The van der Waals surface area contributed by atoms with E-state index in [-0.39, 0.29) is 24.3 Å². The number of anilines is 1. The summed E-state index contributed by atoms with van der Waals surface area (Å²) >= 11 is 7.37. The monoisotopic (exact) mass is 502 g/mol. The topological polar surface area (TPSA) is 74.1 Å². The number of hydrogen-bond acceptors (Lipinski definition) is 5. The molecule has 0 saturated heterocycles. The molecule has 8 heteroatoms. The predicted octanol–water partition coefficient (Wildman–Crippen LogP) is 5.83. The fourth-order valence-electron chi connectivity index (χ4n) is 4.15. The summed E-state index contributed by atoms with van der Waals surface area (Å²) in [6, 6.07) is 25.0. The van der Waals surface area contributed by atoms with Crippen molar-refractivity contribution in [2.24, 2.45) is 10.1 Å². The van der Waals surface area contributed by atoms with E-state index in [1.54, 1.807) is 0 Å². The Balaban J connectivity index is 1.37. The zero-order valence-electron chi connectivity index (χ0n) is 19.0. The number of rotatable bonds is 5. The average molecular weight is 503 g/mol. The first-order valence-corrected chi connectivity index (χ1v) is 12.6. The van der Waals surface area contributed by atoms with Gasteiger partial charge in [0.25, 0.3) is 5.91 Å². The summed E-state index contributed by atoms with van der Waals surface area (Å²) in [5, 5.41) is 10.1. The molecule has 1 N–H and O–H groups in total. The van der Waals surface area contributed by atoms with E-state index in [9.17, 15) is 9.59 Å². The van der Waals surface area contributed by atoms with Gasteiger partial charge in [0.15, 0.2) is 5.17 Å². The van der Waals surface area contributed by atoms with Crippen molar-refractivity contribution in [2.75, 3.05) is 5.32 Å². The van der Waals surface area contributed by atoms with Gasteiger partial charge < -0.3 is 5.32 Å². The van der Waals surface area contributed by atoms with Crippen molar-refractivity contribution in [1.29, 1.82) is 0 Å². The Morgan fingerprint density at radius 3 is 2.60 bits per heavy atom. The first-order chi connectivity index (χ1) is 17.0. The van der Waals surface area contributed by atoms with Crippen LogP contribution in [0.1, 0.15) is 35.6 Å². The molecule has 0 spiro atoms. The van der Waals surface area contributed by atoms with Crippen molar-refractivity contribution in [3.05, 3.63) is 101 Å².